The third-order valence-corrected chi connectivity index (χ3v) is 8.26. The van der Waals surface area contributed by atoms with Crippen molar-refractivity contribution in [3.63, 3.8) is 0 Å². The van der Waals surface area contributed by atoms with E-state index in [1.54, 1.807) is 12.1 Å². The van der Waals surface area contributed by atoms with E-state index in [0.717, 1.165) is 28.5 Å². The Bertz CT molecular complexity index is 481. The maximum Gasteiger partial charge on any atom is 0.241 e. The van der Waals surface area contributed by atoms with Crippen LogP contribution in [0.2, 0.25) is 0 Å². The second-order valence-corrected chi connectivity index (χ2v) is 9.53. The SMILES string of the molecule is Cc1ccc(S(=O)(=O)SSN2CCOCC2)cc1. The van der Waals surface area contributed by atoms with Gasteiger partial charge in [0, 0.05) is 24.1 Å². The van der Waals surface area contributed by atoms with Crippen LogP contribution in [0.5, 0.6) is 0 Å². The molecule has 0 saturated carbocycles. The number of aryl methyl sites for hydroxylation is 1. The van der Waals surface area contributed by atoms with Crippen molar-refractivity contribution >= 4 is 29.7 Å². The van der Waals surface area contributed by atoms with Gasteiger partial charge in [-0.3, -0.25) is 0 Å². The van der Waals surface area contributed by atoms with E-state index >= 15 is 0 Å². The largest absolute Gasteiger partial charge is 0.379 e. The fourth-order valence-corrected chi connectivity index (χ4v) is 6.18. The van der Waals surface area contributed by atoms with E-state index < -0.39 is 8.87 Å². The Kier molecular flexibility index (Phi) is 4.97. The van der Waals surface area contributed by atoms with Crippen LogP contribution in [0.1, 0.15) is 5.56 Å². The summed E-state index contributed by atoms with van der Waals surface area (Å²) in [6.07, 6.45) is 0. The molecule has 1 heterocycles. The van der Waals surface area contributed by atoms with Crippen molar-refractivity contribution in [3.8, 4) is 0 Å². The Labute approximate surface area is 115 Å². The Morgan fingerprint density at radius 1 is 1.17 bits per heavy atom. The van der Waals surface area contributed by atoms with Crippen LogP contribution in [0.15, 0.2) is 29.2 Å². The minimum atomic E-state index is -3.28. The predicted octanol–water partition coefficient (Wildman–Crippen LogP) is 2.31. The number of morpholine rings is 1. The zero-order chi connectivity index (χ0) is 13.0. The first kappa shape index (κ1) is 14.2. The fraction of sp³-hybridized carbons (Fsp3) is 0.455. The van der Waals surface area contributed by atoms with Crippen LogP contribution in [-0.4, -0.2) is 39.0 Å². The standard InChI is InChI=1S/C11H15NO3S3/c1-10-2-4-11(5-3-10)18(13,14)17-16-12-6-8-15-9-7-12/h2-5H,6-9H2,1H3. The van der Waals surface area contributed by atoms with Crippen molar-refractivity contribution in [2.24, 2.45) is 0 Å². The monoisotopic (exact) mass is 305 g/mol. The average molecular weight is 305 g/mol. The highest BCUT2D eigenvalue weighted by Crippen LogP contribution is 2.36. The maximum absolute atomic E-state index is 12.1. The smallest absolute Gasteiger partial charge is 0.241 e. The van der Waals surface area contributed by atoms with Gasteiger partial charge in [-0.05, 0) is 19.1 Å². The Morgan fingerprint density at radius 3 is 2.39 bits per heavy atom. The number of nitrogens with zero attached hydrogens (tertiary/aromatic N) is 1. The predicted molar refractivity (Wildman–Crippen MR) is 75.9 cm³/mol. The molecule has 18 heavy (non-hydrogen) atoms. The van der Waals surface area contributed by atoms with E-state index in [2.05, 4.69) is 0 Å². The van der Waals surface area contributed by atoms with Crippen LogP contribution in [0, 0.1) is 6.92 Å². The van der Waals surface area contributed by atoms with Crippen LogP contribution in [0.25, 0.3) is 0 Å². The molecule has 0 unspecified atom stereocenters. The average Bonchev–Trinajstić information content (AvgIpc) is 2.38. The molecule has 0 atom stereocenters. The molecule has 1 fully saturated rings. The van der Waals surface area contributed by atoms with Gasteiger partial charge in [0.1, 0.15) is 0 Å². The second-order valence-electron chi connectivity index (χ2n) is 3.95. The molecule has 2 rings (SSSR count). The minimum Gasteiger partial charge on any atom is -0.379 e. The zero-order valence-electron chi connectivity index (χ0n) is 10.0. The van der Waals surface area contributed by atoms with E-state index in [1.807, 2.05) is 23.4 Å². The highest BCUT2D eigenvalue weighted by atomic mass is 33.5. The van der Waals surface area contributed by atoms with Gasteiger partial charge < -0.3 is 4.74 Å². The first-order valence-corrected chi connectivity index (χ1v) is 9.69. The summed E-state index contributed by atoms with van der Waals surface area (Å²) in [5.41, 5.74) is 1.06. The molecule has 1 aromatic rings. The van der Waals surface area contributed by atoms with Gasteiger partial charge in [0.2, 0.25) is 8.87 Å². The van der Waals surface area contributed by atoms with Gasteiger partial charge in [0.25, 0.3) is 0 Å². The van der Waals surface area contributed by atoms with Gasteiger partial charge in [-0.15, -0.1) is 0 Å². The number of rotatable bonds is 4. The lowest BCUT2D eigenvalue weighted by atomic mass is 10.2. The molecule has 0 bridgehead atoms. The summed E-state index contributed by atoms with van der Waals surface area (Å²) in [5.74, 6) is 0. The lowest BCUT2D eigenvalue weighted by molar-refractivity contribution is 0.0779. The molecule has 1 aliphatic rings. The molecule has 4 nitrogen and oxygen atoms in total. The quantitative estimate of drug-likeness (QED) is 0.628. The normalized spacial score (nSPS) is 17.8. The van der Waals surface area contributed by atoms with E-state index in [1.165, 1.54) is 11.0 Å². The molecule has 1 saturated heterocycles. The highest BCUT2D eigenvalue weighted by molar-refractivity contribution is 9.06. The molecule has 0 aliphatic carbocycles. The molecule has 0 N–H and O–H groups in total. The summed E-state index contributed by atoms with van der Waals surface area (Å²) in [6.45, 7) is 4.80. The van der Waals surface area contributed by atoms with Gasteiger partial charge >= 0.3 is 0 Å². The van der Waals surface area contributed by atoms with E-state index in [4.69, 9.17) is 4.74 Å². The van der Waals surface area contributed by atoms with E-state index in [-0.39, 0.29) is 0 Å². The highest BCUT2D eigenvalue weighted by Gasteiger charge is 2.19. The van der Waals surface area contributed by atoms with Gasteiger partial charge in [-0.1, -0.05) is 17.7 Å². The molecule has 0 aromatic heterocycles. The summed E-state index contributed by atoms with van der Waals surface area (Å²) < 4.78 is 31.4. The van der Waals surface area contributed by atoms with Crippen LogP contribution in [0.4, 0.5) is 0 Å². The number of ether oxygens (including phenoxy) is 1. The van der Waals surface area contributed by atoms with Crippen molar-refractivity contribution in [1.82, 2.24) is 4.31 Å². The van der Waals surface area contributed by atoms with Gasteiger partial charge in [-0.25, -0.2) is 12.7 Å². The first-order valence-electron chi connectivity index (χ1n) is 5.58. The first-order chi connectivity index (χ1) is 8.58. The van der Waals surface area contributed by atoms with Gasteiger partial charge in [0.05, 0.1) is 27.9 Å². The maximum atomic E-state index is 12.1. The molecule has 0 radical (unpaired) electrons. The van der Waals surface area contributed by atoms with E-state index in [9.17, 15) is 8.42 Å². The lowest BCUT2D eigenvalue weighted by Gasteiger charge is -2.24. The van der Waals surface area contributed by atoms with Crippen molar-refractivity contribution in [2.45, 2.75) is 11.8 Å². The third-order valence-electron chi connectivity index (χ3n) is 2.51. The molecule has 100 valence electrons. The van der Waals surface area contributed by atoms with E-state index in [0.29, 0.717) is 18.1 Å². The Balaban J connectivity index is 1.96. The van der Waals surface area contributed by atoms with Crippen LogP contribution in [0.3, 0.4) is 0 Å². The molecule has 1 aromatic carbocycles. The third kappa shape index (κ3) is 3.89. The second kappa shape index (κ2) is 6.29. The van der Waals surface area contributed by atoms with Gasteiger partial charge in [0.15, 0.2) is 0 Å². The molecular weight excluding hydrogens is 290 g/mol. The molecule has 0 amide bonds. The molecule has 1 aliphatic heterocycles. The number of hydrogen-bond donors (Lipinski definition) is 0. The summed E-state index contributed by atoms with van der Waals surface area (Å²) >= 11 is 0. The summed E-state index contributed by atoms with van der Waals surface area (Å²) in [4.78, 5) is 0.360. The van der Waals surface area contributed by atoms with Crippen molar-refractivity contribution in [1.29, 1.82) is 0 Å². The Hall–Kier alpha value is -0.210. The lowest BCUT2D eigenvalue weighted by Crippen LogP contribution is -2.30. The minimum absolute atomic E-state index is 0.360. The molecule has 0 spiro atoms. The van der Waals surface area contributed by atoms with Crippen molar-refractivity contribution in [3.05, 3.63) is 29.8 Å². The van der Waals surface area contributed by atoms with Crippen LogP contribution in [-0.2, 0) is 13.6 Å². The molecular formula is C11H15NO3S3. The van der Waals surface area contributed by atoms with Gasteiger partial charge in [-0.2, -0.15) is 0 Å². The Morgan fingerprint density at radius 2 is 1.78 bits per heavy atom. The van der Waals surface area contributed by atoms with Crippen molar-refractivity contribution < 1.29 is 13.2 Å². The summed E-state index contributed by atoms with van der Waals surface area (Å²) in [7, 11) is -1.09. The zero-order valence-corrected chi connectivity index (χ0v) is 12.5. The number of benzene rings is 1. The summed E-state index contributed by atoms with van der Waals surface area (Å²) in [6, 6.07) is 6.93. The summed E-state index contributed by atoms with van der Waals surface area (Å²) in [5, 5.41) is 0. The van der Waals surface area contributed by atoms with Crippen molar-refractivity contribution in [2.75, 3.05) is 26.3 Å². The van der Waals surface area contributed by atoms with Crippen LogP contribution >= 0.6 is 20.8 Å². The number of hydrogen-bond acceptors (Lipinski definition) is 6. The van der Waals surface area contributed by atoms with Crippen LogP contribution < -0.4 is 0 Å². The molecule has 7 heteroatoms. The topological polar surface area (TPSA) is 46.6 Å². The fourth-order valence-electron chi connectivity index (χ4n) is 1.45.